The smallest absolute Gasteiger partial charge is 0.168 e. The molecule has 0 saturated carbocycles. The third kappa shape index (κ3) is 12.1. The van der Waals surface area contributed by atoms with Crippen LogP contribution in [0.4, 0.5) is 0 Å². The van der Waals surface area contributed by atoms with Crippen molar-refractivity contribution in [2.24, 2.45) is 0 Å². The third-order valence-corrected chi connectivity index (χ3v) is 4.00. The number of hydrogen-bond donors (Lipinski definition) is 4. The van der Waals surface area contributed by atoms with Crippen molar-refractivity contribution in [3.05, 3.63) is 61.2 Å². The Balaban J connectivity index is 0.000000466. The first-order chi connectivity index (χ1) is 15.1. The van der Waals surface area contributed by atoms with Crippen LogP contribution in [0.25, 0.3) is 0 Å². The largest absolute Gasteiger partial charge is 0.547 e. The number of hydrogen-bond acceptors (Lipinski definition) is 8. The van der Waals surface area contributed by atoms with Crippen LogP contribution in [-0.2, 0) is 22.7 Å². The summed E-state index contributed by atoms with van der Waals surface area (Å²) >= 11 is 0. The maximum atomic E-state index is 9.96. The van der Waals surface area contributed by atoms with Crippen LogP contribution in [-0.4, -0.2) is 56.8 Å². The molecule has 2 aromatic heterocycles. The molecule has 0 aliphatic carbocycles. The third-order valence-electron chi connectivity index (χ3n) is 4.00. The molecule has 2 rings (SSSR count). The standard InChI is InChI=1S/2C8H12N.C6H10O8/c2*1-2-6-9-7-4-3-5-8-9;7-1(3(9)5(11)12)2(8)4(10)6(13)14/h2*3-5,7-8H,2,6H2,1H3;1-4,7-10H,(H,11,12)(H,13,14)/q2*+1;/p-2/t;;1-,2-,3-,4+/m..0/s1. The van der Waals surface area contributed by atoms with E-state index in [1.54, 1.807) is 0 Å². The molecule has 4 N–H and O–H groups in total. The van der Waals surface area contributed by atoms with Gasteiger partial charge in [-0.05, 0) is 0 Å². The molecule has 0 radical (unpaired) electrons. The second-order valence-corrected chi connectivity index (χ2v) is 6.74. The summed E-state index contributed by atoms with van der Waals surface area (Å²) in [4.78, 5) is 19.9. The predicted octanol–water partition coefficient (Wildman–Crippen LogP) is -3.30. The summed E-state index contributed by atoms with van der Waals surface area (Å²) in [7, 11) is 0. The molecule has 0 amide bonds. The molecule has 0 fully saturated rings. The number of carboxylic acid groups (broad SMARTS) is 2. The van der Waals surface area contributed by atoms with E-state index in [0.717, 1.165) is 13.1 Å². The molecule has 4 atom stereocenters. The van der Waals surface area contributed by atoms with Gasteiger partial charge in [-0.1, -0.05) is 26.0 Å². The average Bonchev–Trinajstić information content (AvgIpc) is 2.79. The number of carbonyl (C=O) groups excluding carboxylic acids is 2. The van der Waals surface area contributed by atoms with E-state index in [9.17, 15) is 19.8 Å². The molecule has 0 aliphatic rings. The predicted molar refractivity (Wildman–Crippen MR) is 108 cm³/mol. The Labute approximate surface area is 187 Å². The maximum Gasteiger partial charge on any atom is 0.168 e. The molecule has 32 heavy (non-hydrogen) atoms. The summed E-state index contributed by atoms with van der Waals surface area (Å²) in [5, 5.41) is 54.7. The molecule has 0 unspecified atom stereocenters. The van der Waals surface area contributed by atoms with Crippen LogP contribution in [0.3, 0.4) is 0 Å². The number of aryl methyl sites for hydroxylation is 2. The summed E-state index contributed by atoms with van der Waals surface area (Å²) in [6.45, 7) is 6.61. The van der Waals surface area contributed by atoms with E-state index in [-0.39, 0.29) is 0 Å². The van der Waals surface area contributed by atoms with Gasteiger partial charge in [-0.2, -0.15) is 0 Å². The van der Waals surface area contributed by atoms with Crippen LogP contribution in [0.2, 0.25) is 0 Å². The van der Waals surface area contributed by atoms with Crippen LogP contribution < -0.4 is 19.3 Å². The van der Waals surface area contributed by atoms with Crippen LogP contribution in [0, 0.1) is 0 Å². The lowest BCUT2D eigenvalue weighted by atomic mass is 10.0. The average molecular weight is 453 g/mol. The van der Waals surface area contributed by atoms with Gasteiger partial charge >= 0.3 is 0 Å². The van der Waals surface area contributed by atoms with Crippen molar-refractivity contribution in [3.63, 3.8) is 0 Å². The van der Waals surface area contributed by atoms with Crippen molar-refractivity contribution in [1.29, 1.82) is 0 Å². The lowest BCUT2D eigenvalue weighted by Crippen LogP contribution is -2.55. The fourth-order valence-corrected chi connectivity index (χ4v) is 2.34. The number of aliphatic hydroxyl groups excluding tert-OH is 4. The van der Waals surface area contributed by atoms with Gasteiger partial charge in [-0.3, -0.25) is 0 Å². The summed E-state index contributed by atoms with van der Waals surface area (Å²) in [5.74, 6) is -4.22. The van der Waals surface area contributed by atoms with Crippen LogP contribution in [0.15, 0.2) is 61.2 Å². The Morgan fingerprint density at radius 2 is 0.938 bits per heavy atom. The van der Waals surface area contributed by atoms with Crippen molar-refractivity contribution in [2.75, 3.05) is 0 Å². The van der Waals surface area contributed by atoms with Gasteiger partial charge in [-0.25, -0.2) is 9.13 Å². The highest BCUT2D eigenvalue weighted by Crippen LogP contribution is 2.04. The zero-order chi connectivity index (χ0) is 24.5. The quantitative estimate of drug-likeness (QED) is 0.287. The molecule has 2 heterocycles. The van der Waals surface area contributed by atoms with E-state index >= 15 is 0 Å². The minimum atomic E-state index is -2.50. The molecule has 0 bridgehead atoms. The van der Waals surface area contributed by atoms with Gasteiger partial charge in [0, 0.05) is 37.1 Å². The minimum absolute atomic E-state index is 1.13. The summed E-state index contributed by atoms with van der Waals surface area (Å²) in [5.41, 5.74) is 0. The first kappa shape index (κ1) is 29.1. The number of rotatable bonds is 9. The van der Waals surface area contributed by atoms with E-state index < -0.39 is 36.4 Å². The van der Waals surface area contributed by atoms with Crippen LogP contribution >= 0.6 is 0 Å². The number of aliphatic carboxylic acids is 2. The van der Waals surface area contributed by atoms with Crippen molar-refractivity contribution < 1.29 is 49.4 Å². The molecule has 0 aliphatic heterocycles. The molecule has 178 valence electrons. The highest BCUT2D eigenvalue weighted by Gasteiger charge is 2.31. The van der Waals surface area contributed by atoms with Gasteiger partial charge in [-0.15, -0.1) is 0 Å². The van der Waals surface area contributed by atoms with Crippen LogP contribution in [0.5, 0.6) is 0 Å². The van der Waals surface area contributed by atoms with Gasteiger partial charge < -0.3 is 40.2 Å². The summed E-state index contributed by atoms with van der Waals surface area (Å²) in [6, 6.07) is 12.3. The molecule has 0 saturated heterocycles. The Bertz CT molecular complexity index is 696. The second kappa shape index (κ2) is 16.7. The van der Waals surface area contributed by atoms with E-state index in [4.69, 9.17) is 20.4 Å². The fourth-order valence-electron chi connectivity index (χ4n) is 2.34. The summed E-state index contributed by atoms with van der Waals surface area (Å²) in [6.07, 6.45) is 0.988. The Kier molecular flexibility index (Phi) is 15.2. The monoisotopic (exact) mass is 452 g/mol. The van der Waals surface area contributed by atoms with Gasteiger partial charge in [0.1, 0.15) is 37.5 Å². The van der Waals surface area contributed by atoms with E-state index in [2.05, 4.69) is 72.0 Å². The first-order valence-corrected chi connectivity index (χ1v) is 10.2. The second-order valence-electron chi connectivity index (χ2n) is 6.74. The van der Waals surface area contributed by atoms with Gasteiger partial charge in [0.2, 0.25) is 0 Å². The van der Waals surface area contributed by atoms with E-state index in [0.29, 0.717) is 0 Å². The molecular formula is C22H32N2O8. The van der Waals surface area contributed by atoms with Crippen molar-refractivity contribution >= 4 is 11.9 Å². The SMILES string of the molecule is CCC[n+]1ccccc1.CCC[n+]1ccccc1.O=C([O-])[C@@H](O)[C@@H](O)[C@H](O)[C@@H](O)C(=O)[O-]. The topological polar surface area (TPSA) is 169 Å². The Hall–Kier alpha value is -2.92. The molecule has 10 nitrogen and oxygen atoms in total. The number of aliphatic hydroxyl groups is 4. The van der Waals surface area contributed by atoms with Gasteiger partial charge in [0.15, 0.2) is 24.8 Å². The maximum absolute atomic E-state index is 9.96. The minimum Gasteiger partial charge on any atom is -0.547 e. The number of nitrogens with zero attached hydrogens (tertiary/aromatic N) is 2. The molecular weight excluding hydrogens is 420 g/mol. The zero-order valence-electron chi connectivity index (χ0n) is 18.2. The lowest BCUT2D eigenvalue weighted by Gasteiger charge is -2.27. The fraction of sp³-hybridized carbons (Fsp3) is 0.455. The lowest BCUT2D eigenvalue weighted by molar-refractivity contribution is -0.697. The Morgan fingerprint density at radius 3 is 1.16 bits per heavy atom. The first-order valence-electron chi connectivity index (χ1n) is 10.2. The highest BCUT2D eigenvalue weighted by atomic mass is 16.4. The van der Waals surface area contributed by atoms with Gasteiger partial charge in [0.05, 0.1) is 11.9 Å². The molecule has 0 spiro atoms. The normalized spacial score (nSPS) is 13.8. The highest BCUT2D eigenvalue weighted by molar-refractivity contribution is 5.72. The molecule has 10 heteroatoms. The van der Waals surface area contributed by atoms with E-state index in [1.807, 2.05) is 12.1 Å². The molecule has 0 aromatic carbocycles. The van der Waals surface area contributed by atoms with E-state index in [1.165, 1.54) is 12.8 Å². The number of carboxylic acids is 2. The van der Waals surface area contributed by atoms with Crippen molar-refractivity contribution in [2.45, 2.75) is 64.2 Å². The number of pyridine rings is 2. The summed E-state index contributed by atoms with van der Waals surface area (Å²) < 4.78 is 4.36. The number of aromatic nitrogens is 2. The number of carbonyl (C=O) groups is 2. The van der Waals surface area contributed by atoms with Crippen molar-refractivity contribution in [1.82, 2.24) is 0 Å². The Morgan fingerprint density at radius 1 is 0.656 bits per heavy atom. The molecule has 2 aromatic rings. The van der Waals surface area contributed by atoms with Gasteiger partial charge in [0.25, 0.3) is 0 Å². The van der Waals surface area contributed by atoms with Crippen LogP contribution in [0.1, 0.15) is 26.7 Å². The zero-order valence-corrected chi connectivity index (χ0v) is 18.2. The van der Waals surface area contributed by atoms with Crippen molar-refractivity contribution in [3.8, 4) is 0 Å².